The minimum Gasteiger partial charge on any atom is -0.338 e. The fraction of sp³-hybridized carbons (Fsp3) is 0.474. The minimum atomic E-state index is -0.983. The first kappa shape index (κ1) is 20.3. The van der Waals surface area contributed by atoms with Gasteiger partial charge in [-0.1, -0.05) is 29.8 Å². The molecule has 2 aliphatic rings. The van der Waals surface area contributed by atoms with Crippen LogP contribution in [-0.4, -0.2) is 47.8 Å². The number of carbonyl (C=O) groups is 4. The van der Waals surface area contributed by atoms with Crippen molar-refractivity contribution in [2.45, 2.75) is 32.7 Å². The summed E-state index contributed by atoms with van der Waals surface area (Å²) in [5.41, 5.74) is 0.722. The molecule has 0 bridgehead atoms. The molecule has 0 aromatic heterocycles. The van der Waals surface area contributed by atoms with E-state index in [1.165, 1.54) is 0 Å². The SMILES string of the molecule is C[C@@H]1C[C@H](C)CN(C(=O)c2cc(Br)ccc2NC(=O)C2CC(=O)NC(=O)N2)C1. The molecule has 1 aromatic rings. The van der Waals surface area contributed by atoms with Gasteiger partial charge in [-0.05, 0) is 36.5 Å². The van der Waals surface area contributed by atoms with Gasteiger partial charge in [0.1, 0.15) is 6.04 Å². The zero-order valence-electron chi connectivity index (χ0n) is 15.8. The third-order valence-corrected chi connectivity index (χ3v) is 5.38. The van der Waals surface area contributed by atoms with Crippen molar-refractivity contribution in [3.8, 4) is 0 Å². The molecule has 8 nitrogen and oxygen atoms in total. The molecule has 3 N–H and O–H groups in total. The lowest BCUT2D eigenvalue weighted by Crippen LogP contribution is -2.56. The number of benzene rings is 1. The number of hydrogen-bond acceptors (Lipinski definition) is 4. The van der Waals surface area contributed by atoms with Gasteiger partial charge in [0.05, 0.1) is 17.7 Å². The molecule has 1 aromatic carbocycles. The number of imide groups is 1. The summed E-state index contributed by atoms with van der Waals surface area (Å²) in [4.78, 5) is 50.5. The first-order chi connectivity index (χ1) is 13.2. The van der Waals surface area contributed by atoms with E-state index in [2.05, 4.69) is 45.7 Å². The van der Waals surface area contributed by atoms with Gasteiger partial charge in [0, 0.05) is 17.6 Å². The highest BCUT2D eigenvalue weighted by atomic mass is 79.9. The first-order valence-corrected chi connectivity index (χ1v) is 10.0. The monoisotopic (exact) mass is 450 g/mol. The standard InChI is InChI=1S/C19H23BrN4O4/c1-10-5-11(2)9-24(8-10)18(27)13-6-12(20)3-4-14(13)21-17(26)15-7-16(25)23-19(28)22-15/h3-4,6,10-11,15H,5,7-9H2,1-2H3,(H,21,26)(H2,22,23,25,28)/t10-,11+,15?. The van der Waals surface area contributed by atoms with Crippen LogP contribution in [-0.2, 0) is 9.59 Å². The van der Waals surface area contributed by atoms with Gasteiger partial charge in [0.15, 0.2) is 0 Å². The van der Waals surface area contributed by atoms with Crippen LogP contribution in [0.15, 0.2) is 22.7 Å². The molecule has 2 heterocycles. The predicted octanol–water partition coefficient (Wildman–Crippen LogP) is 2.10. The second-order valence-electron chi connectivity index (χ2n) is 7.61. The number of piperidine rings is 1. The van der Waals surface area contributed by atoms with E-state index in [-0.39, 0.29) is 12.3 Å². The zero-order chi connectivity index (χ0) is 20.4. The number of carbonyl (C=O) groups excluding carboxylic acids is 4. The van der Waals surface area contributed by atoms with E-state index in [4.69, 9.17) is 0 Å². The third-order valence-electron chi connectivity index (χ3n) is 4.89. The summed E-state index contributed by atoms with van der Waals surface area (Å²) < 4.78 is 0.720. The Balaban J connectivity index is 1.80. The lowest BCUT2D eigenvalue weighted by molar-refractivity contribution is -0.126. The maximum Gasteiger partial charge on any atom is 0.322 e. The fourth-order valence-corrected chi connectivity index (χ4v) is 4.15. The number of nitrogens with one attached hydrogen (secondary N) is 3. The number of amides is 5. The molecule has 2 saturated heterocycles. The Hall–Kier alpha value is -2.42. The smallest absolute Gasteiger partial charge is 0.322 e. The summed E-state index contributed by atoms with van der Waals surface area (Å²) in [6.45, 7) is 5.58. The fourth-order valence-electron chi connectivity index (χ4n) is 3.79. The van der Waals surface area contributed by atoms with Crippen molar-refractivity contribution >= 4 is 45.4 Å². The van der Waals surface area contributed by atoms with Crippen molar-refractivity contribution in [2.24, 2.45) is 11.8 Å². The van der Waals surface area contributed by atoms with Crippen molar-refractivity contribution in [1.82, 2.24) is 15.5 Å². The maximum atomic E-state index is 13.1. The molecule has 0 aliphatic carbocycles. The van der Waals surface area contributed by atoms with Crippen molar-refractivity contribution in [2.75, 3.05) is 18.4 Å². The van der Waals surface area contributed by atoms with Gasteiger partial charge in [0.2, 0.25) is 11.8 Å². The quantitative estimate of drug-likeness (QED) is 0.654. The molecule has 1 unspecified atom stereocenters. The van der Waals surface area contributed by atoms with E-state index in [9.17, 15) is 19.2 Å². The predicted molar refractivity (Wildman–Crippen MR) is 107 cm³/mol. The summed E-state index contributed by atoms with van der Waals surface area (Å²) >= 11 is 3.38. The molecule has 5 amide bonds. The highest BCUT2D eigenvalue weighted by molar-refractivity contribution is 9.10. The molecule has 150 valence electrons. The van der Waals surface area contributed by atoms with Crippen molar-refractivity contribution in [3.05, 3.63) is 28.2 Å². The van der Waals surface area contributed by atoms with Gasteiger partial charge in [-0.15, -0.1) is 0 Å². The summed E-state index contributed by atoms with van der Waals surface area (Å²) in [5.74, 6) is -0.393. The molecule has 2 fully saturated rings. The van der Waals surface area contributed by atoms with Crippen LogP contribution >= 0.6 is 15.9 Å². The minimum absolute atomic E-state index is 0.152. The summed E-state index contributed by atoms with van der Waals surface area (Å²) in [7, 11) is 0. The van der Waals surface area contributed by atoms with Crippen LogP contribution < -0.4 is 16.0 Å². The Bertz CT molecular complexity index is 802. The van der Waals surface area contributed by atoms with Crippen LogP contribution in [0.5, 0.6) is 0 Å². The van der Waals surface area contributed by atoms with Gasteiger partial charge in [-0.2, -0.15) is 0 Å². The molecule has 0 saturated carbocycles. The summed E-state index contributed by atoms with van der Waals surface area (Å²) in [6, 6.07) is 3.34. The van der Waals surface area contributed by atoms with Gasteiger partial charge in [-0.25, -0.2) is 4.79 Å². The highest BCUT2D eigenvalue weighted by Gasteiger charge is 2.31. The third kappa shape index (κ3) is 4.70. The van der Waals surface area contributed by atoms with E-state index in [0.29, 0.717) is 36.2 Å². The molecule has 9 heteroatoms. The summed E-state index contributed by atoms with van der Waals surface area (Å²) in [5, 5.41) is 7.18. The lowest BCUT2D eigenvalue weighted by atomic mass is 9.91. The second kappa shape index (κ2) is 8.30. The molecule has 3 atom stereocenters. The molecule has 2 aliphatic heterocycles. The van der Waals surface area contributed by atoms with Crippen LogP contribution in [0.25, 0.3) is 0 Å². The maximum absolute atomic E-state index is 13.1. The van der Waals surface area contributed by atoms with E-state index < -0.39 is 23.9 Å². The lowest BCUT2D eigenvalue weighted by Gasteiger charge is -2.35. The molecular weight excluding hydrogens is 428 g/mol. The molecule has 28 heavy (non-hydrogen) atoms. The van der Waals surface area contributed by atoms with Crippen LogP contribution in [0.4, 0.5) is 10.5 Å². The Kier molecular flexibility index (Phi) is 6.02. The van der Waals surface area contributed by atoms with Gasteiger partial charge < -0.3 is 15.5 Å². The number of hydrogen-bond donors (Lipinski definition) is 3. The largest absolute Gasteiger partial charge is 0.338 e. The summed E-state index contributed by atoms with van der Waals surface area (Å²) in [6.07, 6.45) is 0.924. The van der Waals surface area contributed by atoms with Gasteiger partial charge in [-0.3, -0.25) is 19.7 Å². The number of likely N-dealkylation sites (tertiary alicyclic amines) is 1. The first-order valence-electron chi connectivity index (χ1n) is 9.23. The van der Waals surface area contributed by atoms with Gasteiger partial charge >= 0.3 is 6.03 Å². The Labute approximate surface area is 171 Å². The second-order valence-corrected chi connectivity index (χ2v) is 8.53. The van der Waals surface area contributed by atoms with Gasteiger partial charge in [0.25, 0.3) is 5.91 Å². The van der Waals surface area contributed by atoms with E-state index in [1.54, 1.807) is 18.2 Å². The normalized spacial score (nSPS) is 25.0. The Morgan fingerprint density at radius 3 is 2.50 bits per heavy atom. The van der Waals surface area contributed by atoms with Crippen LogP contribution in [0, 0.1) is 11.8 Å². The van der Waals surface area contributed by atoms with Crippen molar-refractivity contribution in [3.63, 3.8) is 0 Å². The van der Waals surface area contributed by atoms with Crippen LogP contribution in [0.1, 0.15) is 37.0 Å². The molecule has 0 spiro atoms. The number of nitrogens with zero attached hydrogens (tertiary/aromatic N) is 1. The number of halogens is 1. The zero-order valence-corrected chi connectivity index (χ0v) is 17.3. The molecule has 0 radical (unpaired) electrons. The van der Waals surface area contributed by atoms with Crippen LogP contribution in [0.2, 0.25) is 0 Å². The highest BCUT2D eigenvalue weighted by Crippen LogP contribution is 2.27. The molecule has 3 rings (SSSR count). The topological polar surface area (TPSA) is 108 Å². The number of rotatable bonds is 3. The number of urea groups is 1. The average molecular weight is 451 g/mol. The Morgan fingerprint density at radius 2 is 1.86 bits per heavy atom. The average Bonchev–Trinajstić information content (AvgIpc) is 2.61. The van der Waals surface area contributed by atoms with Crippen LogP contribution in [0.3, 0.4) is 0 Å². The van der Waals surface area contributed by atoms with E-state index >= 15 is 0 Å². The van der Waals surface area contributed by atoms with Crippen molar-refractivity contribution in [1.29, 1.82) is 0 Å². The number of anilines is 1. The van der Waals surface area contributed by atoms with E-state index in [1.807, 2.05) is 4.90 Å². The van der Waals surface area contributed by atoms with Crippen molar-refractivity contribution < 1.29 is 19.2 Å². The van der Waals surface area contributed by atoms with E-state index in [0.717, 1.165) is 10.9 Å². The Morgan fingerprint density at radius 1 is 1.18 bits per heavy atom. The molecular formula is C19H23BrN4O4.